The second kappa shape index (κ2) is 7.00. The summed E-state index contributed by atoms with van der Waals surface area (Å²) in [5.41, 5.74) is 4.42. The molecule has 0 aliphatic rings. The van der Waals surface area contributed by atoms with E-state index in [9.17, 15) is 9.59 Å². The van der Waals surface area contributed by atoms with Gasteiger partial charge in [-0.15, -0.1) is 0 Å². The van der Waals surface area contributed by atoms with E-state index in [0.717, 1.165) is 22.4 Å². The third-order valence-electron chi connectivity index (χ3n) is 3.53. The van der Waals surface area contributed by atoms with Gasteiger partial charge < -0.3 is 5.32 Å². The lowest BCUT2D eigenvalue weighted by atomic mass is 10.1. The van der Waals surface area contributed by atoms with Crippen LogP contribution in [0.3, 0.4) is 0 Å². The molecule has 0 saturated heterocycles. The van der Waals surface area contributed by atoms with E-state index in [1.54, 1.807) is 6.92 Å². The number of aryl methyl sites for hydroxylation is 4. The molecule has 0 saturated carbocycles. The van der Waals surface area contributed by atoms with Crippen LogP contribution in [0.1, 0.15) is 22.4 Å². The Morgan fingerprint density at radius 2 is 1.78 bits per heavy atom. The molecule has 0 spiro atoms. The number of hydrogen-bond acceptors (Lipinski definition) is 4. The number of rotatable bonds is 4. The maximum atomic E-state index is 12.4. The van der Waals surface area contributed by atoms with Gasteiger partial charge in [0.15, 0.2) is 5.16 Å². The molecule has 1 aromatic heterocycles. The van der Waals surface area contributed by atoms with E-state index < -0.39 is 0 Å². The number of hydrogen-bond donors (Lipinski definition) is 1. The van der Waals surface area contributed by atoms with Gasteiger partial charge in [-0.1, -0.05) is 29.5 Å². The number of aromatic nitrogens is 2. The van der Waals surface area contributed by atoms with Gasteiger partial charge in [-0.2, -0.15) is 0 Å². The third kappa shape index (κ3) is 4.01. The lowest BCUT2D eigenvalue weighted by molar-refractivity contribution is -0.116. The third-order valence-corrected chi connectivity index (χ3v) is 4.20. The highest BCUT2D eigenvalue weighted by Crippen LogP contribution is 2.22. The van der Waals surface area contributed by atoms with Crippen molar-refractivity contribution in [1.82, 2.24) is 9.55 Å². The highest BCUT2D eigenvalue weighted by molar-refractivity contribution is 7.98. The van der Waals surface area contributed by atoms with Crippen LogP contribution in [-0.2, 0) is 11.3 Å². The molecule has 0 radical (unpaired) electrons. The van der Waals surface area contributed by atoms with Crippen molar-refractivity contribution in [2.75, 3.05) is 11.6 Å². The predicted octanol–water partition coefficient (Wildman–Crippen LogP) is 2.84. The van der Waals surface area contributed by atoms with Crippen LogP contribution in [-0.4, -0.2) is 21.7 Å². The number of carbonyl (C=O) groups is 1. The Morgan fingerprint density at radius 1 is 1.17 bits per heavy atom. The summed E-state index contributed by atoms with van der Waals surface area (Å²) < 4.78 is 1.39. The van der Waals surface area contributed by atoms with Crippen molar-refractivity contribution in [2.24, 2.45) is 0 Å². The molecule has 5 nitrogen and oxygen atoms in total. The molecule has 122 valence electrons. The first-order valence-corrected chi connectivity index (χ1v) is 8.54. The summed E-state index contributed by atoms with van der Waals surface area (Å²) in [4.78, 5) is 28.8. The molecule has 0 aliphatic carbocycles. The van der Waals surface area contributed by atoms with Crippen molar-refractivity contribution in [3.63, 3.8) is 0 Å². The first kappa shape index (κ1) is 17.3. The molecule has 1 amide bonds. The van der Waals surface area contributed by atoms with E-state index in [-0.39, 0.29) is 18.0 Å². The minimum Gasteiger partial charge on any atom is -0.324 e. The van der Waals surface area contributed by atoms with E-state index in [1.807, 2.05) is 39.2 Å². The SMILES string of the molecule is CSc1nc(C)cc(=O)n1CC(=O)Nc1c(C)cc(C)cc1C. The van der Waals surface area contributed by atoms with Gasteiger partial charge in [-0.05, 0) is 45.1 Å². The molecule has 0 aliphatic heterocycles. The van der Waals surface area contributed by atoms with Gasteiger partial charge in [-0.25, -0.2) is 4.98 Å². The summed E-state index contributed by atoms with van der Waals surface area (Å²) in [5, 5.41) is 3.46. The Labute approximate surface area is 140 Å². The largest absolute Gasteiger partial charge is 0.324 e. The molecule has 0 unspecified atom stereocenters. The van der Waals surface area contributed by atoms with Crippen LogP contribution in [0.5, 0.6) is 0 Å². The monoisotopic (exact) mass is 331 g/mol. The maximum absolute atomic E-state index is 12.4. The van der Waals surface area contributed by atoms with Gasteiger partial charge in [0.25, 0.3) is 5.56 Å². The zero-order chi connectivity index (χ0) is 17.1. The molecule has 23 heavy (non-hydrogen) atoms. The van der Waals surface area contributed by atoms with E-state index in [0.29, 0.717) is 10.9 Å². The molecule has 0 atom stereocenters. The van der Waals surface area contributed by atoms with Crippen LogP contribution < -0.4 is 10.9 Å². The summed E-state index contributed by atoms with van der Waals surface area (Å²) >= 11 is 1.35. The van der Waals surface area contributed by atoms with Gasteiger partial charge in [0.05, 0.1) is 0 Å². The van der Waals surface area contributed by atoms with E-state index in [1.165, 1.54) is 22.4 Å². The lowest BCUT2D eigenvalue weighted by Crippen LogP contribution is -2.29. The van der Waals surface area contributed by atoms with Crippen LogP contribution in [0.2, 0.25) is 0 Å². The van der Waals surface area contributed by atoms with Gasteiger partial charge in [0, 0.05) is 17.4 Å². The van der Waals surface area contributed by atoms with Gasteiger partial charge in [0.1, 0.15) is 6.54 Å². The fraction of sp³-hybridized carbons (Fsp3) is 0.353. The fourth-order valence-electron chi connectivity index (χ4n) is 2.60. The fourth-order valence-corrected chi connectivity index (χ4v) is 3.21. The Bertz CT molecular complexity index is 789. The highest BCUT2D eigenvalue weighted by atomic mass is 32.2. The highest BCUT2D eigenvalue weighted by Gasteiger charge is 2.13. The standard InChI is InChI=1S/C17H21N3O2S/c1-10-6-11(2)16(12(3)7-10)19-14(21)9-20-15(22)8-13(4)18-17(20)23-5/h6-8H,9H2,1-5H3,(H,19,21). The second-order valence-electron chi connectivity index (χ2n) is 5.63. The molecule has 1 aromatic carbocycles. The van der Waals surface area contributed by atoms with Crippen LogP contribution in [0.25, 0.3) is 0 Å². The molecule has 1 heterocycles. The van der Waals surface area contributed by atoms with E-state index in [4.69, 9.17) is 0 Å². The van der Waals surface area contributed by atoms with Gasteiger partial charge in [-0.3, -0.25) is 14.2 Å². The minimum atomic E-state index is -0.233. The van der Waals surface area contributed by atoms with Gasteiger partial charge >= 0.3 is 0 Å². The molecule has 1 N–H and O–H groups in total. The summed E-state index contributed by atoms with van der Waals surface area (Å²) in [6.45, 7) is 7.67. The van der Waals surface area contributed by atoms with Crippen LogP contribution in [0.15, 0.2) is 28.2 Å². The number of nitrogens with one attached hydrogen (secondary N) is 1. The zero-order valence-electron chi connectivity index (χ0n) is 14.1. The first-order chi connectivity index (χ1) is 10.8. The summed E-state index contributed by atoms with van der Waals surface area (Å²) in [5.74, 6) is -0.233. The van der Waals surface area contributed by atoms with Crippen molar-refractivity contribution >= 4 is 23.4 Å². The van der Waals surface area contributed by atoms with Crippen LogP contribution in [0.4, 0.5) is 5.69 Å². The van der Waals surface area contributed by atoms with Crippen molar-refractivity contribution in [1.29, 1.82) is 0 Å². The second-order valence-corrected chi connectivity index (χ2v) is 6.40. The normalized spacial score (nSPS) is 10.7. The minimum absolute atomic E-state index is 0.0466. The first-order valence-electron chi connectivity index (χ1n) is 7.32. The topological polar surface area (TPSA) is 64.0 Å². The molecule has 0 bridgehead atoms. The van der Waals surface area contributed by atoms with Crippen LogP contribution >= 0.6 is 11.8 Å². The number of thioether (sulfide) groups is 1. The summed E-state index contributed by atoms with van der Waals surface area (Å²) in [6, 6.07) is 5.49. The molecule has 6 heteroatoms. The molecular formula is C17H21N3O2S. The predicted molar refractivity (Wildman–Crippen MR) is 94.3 cm³/mol. The molecule has 0 fully saturated rings. The van der Waals surface area contributed by atoms with Crippen molar-refractivity contribution in [2.45, 2.75) is 39.4 Å². The van der Waals surface area contributed by atoms with Crippen LogP contribution in [0, 0.1) is 27.7 Å². The number of anilines is 1. The smallest absolute Gasteiger partial charge is 0.254 e. The average Bonchev–Trinajstić information content (AvgIpc) is 2.45. The molecular weight excluding hydrogens is 310 g/mol. The van der Waals surface area contributed by atoms with Gasteiger partial charge in [0.2, 0.25) is 5.91 Å². The number of amides is 1. The molecule has 2 rings (SSSR count). The summed E-state index contributed by atoms with van der Waals surface area (Å²) in [6.07, 6.45) is 1.84. The maximum Gasteiger partial charge on any atom is 0.254 e. The lowest BCUT2D eigenvalue weighted by Gasteiger charge is -2.14. The Kier molecular flexibility index (Phi) is 5.26. The zero-order valence-corrected chi connectivity index (χ0v) is 14.9. The average molecular weight is 331 g/mol. The Hall–Kier alpha value is -2.08. The molecule has 2 aromatic rings. The van der Waals surface area contributed by atoms with E-state index >= 15 is 0 Å². The van der Waals surface area contributed by atoms with Crippen molar-refractivity contribution in [3.8, 4) is 0 Å². The quantitative estimate of drug-likeness (QED) is 0.691. The Balaban J connectivity index is 2.26. The number of nitrogens with zero attached hydrogens (tertiary/aromatic N) is 2. The number of benzene rings is 1. The number of carbonyl (C=O) groups excluding carboxylic acids is 1. The van der Waals surface area contributed by atoms with Crippen molar-refractivity contribution < 1.29 is 4.79 Å². The van der Waals surface area contributed by atoms with E-state index in [2.05, 4.69) is 10.3 Å². The Morgan fingerprint density at radius 3 is 2.35 bits per heavy atom. The summed E-state index contributed by atoms with van der Waals surface area (Å²) in [7, 11) is 0. The van der Waals surface area contributed by atoms with Crippen molar-refractivity contribution in [3.05, 3.63) is 50.9 Å².